The second kappa shape index (κ2) is 2.88. The summed E-state index contributed by atoms with van der Waals surface area (Å²) < 4.78 is 37.3. The van der Waals surface area contributed by atoms with Crippen molar-refractivity contribution in [1.29, 1.82) is 0 Å². The lowest BCUT2D eigenvalue weighted by Gasteiger charge is -2.11. The zero-order valence-electron chi connectivity index (χ0n) is 7.48. The Hall–Kier alpha value is -1.72. The van der Waals surface area contributed by atoms with Gasteiger partial charge in [0.05, 0.1) is 12.0 Å². The summed E-state index contributed by atoms with van der Waals surface area (Å²) in [6, 6.07) is 2.06. The first-order valence-corrected chi connectivity index (χ1v) is 4.17. The van der Waals surface area contributed by atoms with E-state index >= 15 is 0 Å². The highest BCUT2D eigenvalue weighted by atomic mass is 19.4. The van der Waals surface area contributed by atoms with Gasteiger partial charge < -0.3 is 11.1 Å². The van der Waals surface area contributed by atoms with Crippen molar-refractivity contribution >= 4 is 17.3 Å². The molecule has 0 bridgehead atoms. The van der Waals surface area contributed by atoms with E-state index in [1.54, 1.807) is 0 Å². The van der Waals surface area contributed by atoms with E-state index in [0.717, 1.165) is 6.07 Å². The van der Waals surface area contributed by atoms with Crippen LogP contribution in [-0.4, -0.2) is 5.91 Å². The molecule has 0 saturated carbocycles. The summed E-state index contributed by atoms with van der Waals surface area (Å²) in [4.78, 5) is 10.9. The molecule has 0 aromatic heterocycles. The first-order valence-electron chi connectivity index (χ1n) is 4.17. The Morgan fingerprint density at radius 2 is 2.00 bits per heavy atom. The van der Waals surface area contributed by atoms with Gasteiger partial charge in [-0.1, -0.05) is 0 Å². The highest BCUT2D eigenvalue weighted by molar-refractivity contribution is 5.99. The molecule has 0 aliphatic carbocycles. The molecule has 0 radical (unpaired) electrons. The summed E-state index contributed by atoms with van der Waals surface area (Å²) in [6.07, 6.45) is -4.41. The van der Waals surface area contributed by atoms with Crippen molar-refractivity contribution in [2.45, 2.75) is 12.6 Å². The number of fused-ring (bicyclic) bond motifs is 1. The van der Waals surface area contributed by atoms with Crippen molar-refractivity contribution in [3.05, 3.63) is 23.3 Å². The maximum atomic E-state index is 12.4. The third-order valence-corrected chi connectivity index (χ3v) is 2.21. The van der Waals surface area contributed by atoms with Gasteiger partial charge in [-0.25, -0.2) is 0 Å². The van der Waals surface area contributed by atoms with Crippen LogP contribution in [0.4, 0.5) is 24.5 Å². The zero-order chi connectivity index (χ0) is 11.2. The Morgan fingerprint density at radius 3 is 2.60 bits per heavy atom. The number of carbonyl (C=O) groups excluding carboxylic acids is 1. The summed E-state index contributed by atoms with van der Waals surface area (Å²) in [7, 11) is 0. The number of nitrogens with one attached hydrogen (secondary N) is 1. The fourth-order valence-corrected chi connectivity index (χ4v) is 1.54. The van der Waals surface area contributed by atoms with Crippen LogP contribution in [0, 0.1) is 0 Å². The van der Waals surface area contributed by atoms with Gasteiger partial charge in [0.1, 0.15) is 0 Å². The van der Waals surface area contributed by atoms with Gasteiger partial charge in [-0.15, -0.1) is 0 Å². The average Bonchev–Trinajstić information content (AvgIpc) is 2.40. The molecule has 2 rings (SSSR count). The van der Waals surface area contributed by atoms with E-state index < -0.39 is 11.7 Å². The second-order valence-corrected chi connectivity index (χ2v) is 3.32. The van der Waals surface area contributed by atoms with Crippen molar-refractivity contribution in [2.24, 2.45) is 0 Å². The van der Waals surface area contributed by atoms with Gasteiger partial charge in [-0.2, -0.15) is 13.2 Å². The first-order chi connectivity index (χ1) is 6.88. The quantitative estimate of drug-likeness (QED) is 0.649. The molecule has 1 aliphatic rings. The van der Waals surface area contributed by atoms with E-state index in [1.165, 1.54) is 6.07 Å². The number of anilines is 2. The number of benzene rings is 1. The van der Waals surface area contributed by atoms with Crippen LogP contribution < -0.4 is 11.1 Å². The number of rotatable bonds is 0. The molecular weight excluding hydrogens is 209 g/mol. The van der Waals surface area contributed by atoms with Crippen molar-refractivity contribution in [2.75, 3.05) is 11.1 Å². The number of halogens is 3. The van der Waals surface area contributed by atoms with Crippen LogP contribution in [0.1, 0.15) is 11.1 Å². The smallest absolute Gasteiger partial charge is 0.398 e. The lowest BCUT2D eigenvalue weighted by atomic mass is 10.1. The average molecular weight is 216 g/mol. The highest BCUT2D eigenvalue weighted by Gasteiger charge is 2.34. The van der Waals surface area contributed by atoms with Crippen LogP contribution >= 0.6 is 0 Å². The van der Waals surface area contributed by atoms with Crippen LogP contribution in [-0.2, 0) is 17.4 Å². The van der Waals surface area contributed by atoms with Gasteiger partial charge in [0.2, 0.25) is 5.91 Å². The summed E-state index contributed by atoms with van der Waals surface area (Å²) >= 11 is 0. The van der Waals surface area contributed by atoms with E-state index in [0.29, 0.717) is 5.56 Å². The standard InChI is InChI=1S/C9H7F3N2O/c10-9(11,12)5-3-7-4(1-6(5)13)2-8(15)14-7/h1,3H,2,13H2,(H,14,15). The van der Waals surface area contributed by atoms with Crippen LogP contribution in [0.2, 0.25) is 0 Å². The van der Waals surface area contributed by atoms with E-state index in [4.69, 9.17) is 5.73 Å². The Labute approximate surface area is 83.1 Å². The third kappa shape index (κ3) is 1.62. The predicted octanol–water partition coefficient (Wildman–Crippen LogP) is 1.78. The topological polar surface area (TPSA) is 55.1 Å². The van der Waals surface area contributed by atoms with Gasteiger partial charge in [-0.05, 0) is 17.7 Å². The summed E-state index contributed by atoms with van der Waals surface area (Å²) in [5, 5.41) is 2.34. The van der Waals surface area contributed by atoms with Gasteiger partial charge >= 0.3 is 6.18 Å². The molecule has 0 saturated heterocycles. The van der Waals surface area contributed by atoms with Gasteiger partial charge in [0, 0.05) is 11.4 Å². The van der Waals surface area contributed by atoms with Crippen molar-refractivity contribution in [1.82, 2.24) is 0 Å². The summed E-state index contributed by atoms with van der Waals surface area (Å²) in [5.41, 5.74) is 4.70. The minimum atomic E-state index is -4.49. The van der Waals surface area contributed by atoms with Crippen LogP contribution in [0.5, 0.6) is 0 Å². The number of amides is 1. The molecule has 0 fully saturated rings. The zero-order valence-corrected chi connectivity index (χ0v) is 7.48. The Balaban J connectivity index is 2.54. The number of alkyl halides is 3. The molecule has 0 unspecified atom stereocenters. The maximum Gasteiger partial charge on any atom is 0.418 e. The molecule has 3 N–H and O–H groups in total. The lowest BCUT2D eigenvalue weighted by Crippen LogP contribution is -2.09. The van der Waals surface area contributed by atoms with Gasteiger partial charge in [0.25, 0.3) is 0 Å². The third-order valence-electron chi connectivity index (χ3n) is 2.21. The fourth-order valence-electron chi connectivity index (χ4n) is 1.54. The number of hydrogen-bond acceptors (Lipinski definition) is 2. The Kier molecular flexibility index (Phi) is 1.89. The molecular formula is C9H7F3N2O. The molecule has 1 aromatic rings. The van der Waals surface area contributed by atoms with E-state index in [1.807, 2.05) is 0 Å². The maximum absolute atomic E-state index is 12.4. The van der Waals surface area contributed by atoms with Gasteiger partial charge in [-0.3, -0.25) is 4.79 Å². The van der Waals surface area contributed by atoms with E-state index in [9.17, 15) is 18.0 Å². The minimum Gasteiger partial charge on any atom is -0.398 e. The molecule has 1 aromatic carbocycles. The molecule has 3 nitrogen and oxygen atoms in total. The fraction of sp³-hybridized carbons (Fsp3) is 0.222. The van der Waals surface area contributed by atoms with E-state index in [2.05, 4.69) is 5.32 Å². The number of carbonyl (C=O) groups is 1. The van der Waals surface area contributed by atoms with Crippen LogP contribution in [0.25, 0.3) is 0 Å². The monoisotopic (exact) mass is 216 g/mol. The molecule has 0 atom stereocenters. The molecule has 1 aliphatic heterocycles. The Morgan fingerprint density at radius 1 is 1.33 bits per heavy atom. The minimum absolute atomic E-state index is 0.0810. The van der Waals surface area contributed by atoms with Gasteiger partial charge in [0.15, 0.2) is 0 Å². The molecule has 80 valence electrons. The van der Waals surface area contributed by atoms with Crippen molar-refractivity contribution in [3.63, 3.8) is 0 Å². The number of nitrogen functional groups attached to an aromatic ring is 1. The molecule has 0 spiro atoms. The van der Waals surface area contributed by atoms with E-state index in [-0.39, 0.29) is 23.7 Å². The highest BCUT2D eigenvalue weighted by Crippen LogP contribution is 2.38. The first kappa shape index (κ1) is 9.82. The number of hydrogen-bond donors (Lipinski definition) is 2. The Bertz CT molecular complexity index is 440. The van der Waals surface area contributed by atoms with Crippen LogP contribution in [0.3, 0.4) is 0 Å². The molecule has 6 heteroatoms. The normalized spacial score (nSPS) is 15.0. The van der Waals surface area contributed by atoms with Crippen molar-refractivity contribution in [3.8, 4) is 0 Å². The summed E-state index contributed by atoms with van der Waals surface area (Å²) in [5.74, 6) is -0.316. The molecule has 1 amide bonds. The lowest BCUT2D eigenvalue weighted by molar-refractivity contribution is -0.136. The largest absolute Gasteiger partial charge is 0.418 e. The molecule has 15 heavy (non-hydrogen) atoms. The second-order valence-electron chi connectivity index (χ2n) is 3.32. The SMILES string of the molecule is Nc1cc2c(cc1C(F)(F)F)NC(=O)C2. The number of nitrogens with two attached hydrogens (primary N) is 1. The molecule has 1 heterocycles. The predicted molar refractivity (Wildman–Crippen MR) is 48.2 cm³/mol. The van der Waals surface area contributed by atoms with Crippen molar-refractivity contribution < 1.29 is 18.0 Å². The van der Waals surface area contributed by atoms with Crippen LogP contribution in [0.15, 0.2) is 12.1 Å². The summed E-state index contributed by atoms with van der Waals surface area (Å²) in [6.45, 7) is 0.